The topological polar surface area (TPSA) is 32.8 Å². The van der Waals surface area contributed by atoms with E-state index in [1.54, 1.807) is 0 Å². The molecule has 0 aromatic heterocycles. The lowest BCUT2D eigenvalue weighted by Crippen LogP contribution is -2.50. The summed E-state index contributed by atoms with van der Waals surface area (Å²) in [6, 6.07) is 16.6. The zero-order valence-corrected chi connectivity index (χ0v) is 16.8. The van der Waals surface area contributed by atoms with Crippen molar-refractivity contribution >= 4 is 5.91 Å². The quantitative estimate of drug-likeness (QED) is 0.801. The zero-order chi connectivity index (χ0) is 19.4. The number of amides is 1. The van der Waals surface area contributed by atoms with Crippen molar-refractivity contribution in [3.8, 4) is 5.75 Å². The second-order valence-electron chi connectivity index (χ2n) is 7.76. The van der Waals surface area contributed by atoms with Gasteiger partial charge in [0, 0.05) is 19.6 Å². The maximum atomic E-state index is 13.0. The molecule has 1 saturated heterocycles. The van der Waals surface area contributed by atoms with Crippen molar-refractivity contribution in [3.63, 3.8) is 0 Å². The Morgan fingerprint density at radius 2 is 1.89 bits per heavy atom. The summed E-state index contributed by atoms with van der Waals surface area (Å²) in [5, 5.41) is 0. The molecule has 0 aliphatic carbocycles. The fraction of sp³-hybridized carbons (Fsp3) is 0.435. The summed E-state index contributed by atoms with van der Waals surface area (Å²) >= 11 is 0. The summed E-state index contributed by atoms with van der Waals surface area (Å²) in [4.78, 5) is 17.3. The summed E-state index contributed by atoms with van der Waals surface area (Å²) in [5.41, 5.74) is 3.46. The third kappa shape index (κ3) is 4.69. The zero-order valence-electron chi connectivity index (χ0n) is 16.8. The number of piperazine rings is 1. The highest BCUT2D eigenvalue weighted by Crippen LogP contribution is 2.28. The van der Waals surface area contributed by atoms with Crippen LogP contribution in [-0.4, -0.2) is 49.0 Å². The number of rotatable bonds is 5. The fourth-order valence-corrected chi connectivity index (χ4v) is 3.64. The SMILES string of the molecule is Cc1ccc(C(C)C)c(OCC(=O)N2CCN(C)C[C@@H]2c2ccccc2)c1. The Labute approximate surface area is 162 Å². The maximum Gasteiger partial charge on any atom is 0.261 e. The predicted octanol–water partition coefficient (Wildman–Crippen LogP) is 4.01. The summed E-state index contributed by atoms with van der Waals surface area (Å²) < 4.78 is 6.00. The van der Waals surface area contributed by atoms with Crippen LogP contribution < -0.4 is 4.74 Å². The lowest BCUT2D eigenvalue weighted by atomic mass is 10.0. The number of hydrogen-bond donors (Lipinski definition) is 0. The molecular formula is C23H30N2O2. The van der Waals surface area contributed by atoms with Gasteiger partial charge in [0.2, 0.25) is 0 Å². The van der Waals surface area contributed by atoms with Gasteiger partial charge in [0.25, 0.3) is 5.91 Å². The van der Waals surface area contributed by atoms with Gasteiger partial charge in [0.1, 0.15) is 5.75 Å². The van der Waals surface area contributed by atoms with Gasteiger partial charge in [-0.25, -0.2) is 0 Å². The van der Waals surface area contributed by atoms with Crippen LogP contribution in [0.5, 0.6) is 5.75 Å². The van der Waals surface area contributed by atoms with E-state index in [0.29, 0.717) is 5.92 Å². The average Bonchev–Trinajstić information content (AvgIpc) is 2.66. The molecule has 1 fully saturated rings. The minimum atomic E-state index is 0.0492. The van der Waals surface area contributed by atoms with Crippen molar-refractivity contribution in [2.75, 3.05) is 33.3 Å². The number of hydrogen-bond acceptors (Lipinski definition) is 3. The van der Waals surface area contributed by atoms with E-state index in [2.05, 4.69) is 50.1 Å². The molecule has 0 saturated carbocycles. The standard InChI is InChI=1S/C23H30N2O2/c1-17(2)20-11-10-18(3)14-22(20)27-16-23(26)25-13-12-24(4)15-21(25)19-8-6-5-7-9-19/h5-11,14,17,21H,12-13,15-16H2,1-4H3/t21-/m1/s1. The number of aryl methyl sites for hydroxylation is 1. The van der Waals surface area contributed by atoms with E-state index in [0.717, 1.165) is 36.5 Å². The Kier molecular flexibility index (Phi) is 6.17. The first-order valence-electron chi connectivity index (χ1n) is 9.72. The summed E-state index contributed by atoms with van der Waals surface area (Å²) in [5.74, 6) is 1.23. The molecule has 4 nitrogen and oxygen atoms in total. The molecule has 1 atom stereocenters. The first-order chi connectivity index (χ1) is 13.0. The van der Waals surface area contributed by atoms with Crippen LogP contribution in [0.4, 0.5) is 0 Å². The first kappa shape index (κ1) is 19.4. The van der Waals surface area contributed by atoms with E-state index in [9.17, 15) is 4.79 Å². The molecule has 144 valence electrons. The summed E-state index contributed by atoms with van der Waals surface area (Å²) in [7, 11) is 2.11. The third-order valence-corrected chi connectivity index (χ3v) is 5.23. The van der Waals surface area contributed by atoms with Crippen molar-refractivity contribution < 1.29 is 9.53 Å². The molecule has 2 aromatic rings. The Bertz CT molecular complexity index is 773. The van der Waals surface area contributed by atoms with Crippen molar-refractivity contribution in [3.05, 3.63) is 65.2 Å². The average molecular weight is 367 g/mol. The number of carbonyl (C=O) groups is 1. The third-order valence-electron chi connectivity index (χ3n) is 5.23. The Morgan fingerprint density at radius 1 is 1.15 bits per heavy atom. The summed E-state index contributed by atoms with van der Waals surface area (Å²) in [6.45, 7) is 8.87. The van der Waals surface area contributed by atoms with Gasteiger partial charge in [0.05, 0.1) is 6.04 Å². The fourth-order valence-electron chi connectivity index (χ4n) is 3.64. The van der Waals surface area contributed by atoms with Gasteiger partial charge in [-0.2, -0.15) is 0 Å². The lowest BCUT2D eigenvalue weighted by molar-refractivity contribution is -0.138. The second-order valence-corrected chi connectivity index (χ2v) is 7.76. The minimum absolute atomic E-state index is 0.0492. The molecule has 0 N–H and O–H groups in total. The monoisotopic (exact) mass is 366 g/mol. The van der Waals surface area contributed by atoms with Gasteiger partial charge in [-0.15, -0.1) is 0 Å². The van der Waals surface area contributed by atoms with Crippen molar-refractivity contribution in [1.29, 1.82) is 0 Å². The normalized spacial score (nSPS) is 18.0. The first-order valence-corrected chi connectivity index (χ1v) is 9.72. The highest BCUT2D eigenvalue weighted by Gasteiger charge is 2.30. The highest BCUT2D eigenvalue weighted by atomic mass is 16.5. The van der Waals surface area contributed by atoms with Crippen LogP contribution >= 0.6 is 0 Å². The van der Waals surface area contributed by atoms with Crippen LogP contribution in [0.3, 0.4) is 0 Å². The Morgan fingerprint density at radius 3 is 2.59 bits per heavy atom. The van der Waals surface area contributed by atoms with Crippen LogP contribution in [-0.2, 0) is 4.79 Å². The molecule has 0 bridgehead atoms. The van der Waals surface area contributed by atoms with Gasteiger partial charge in [-0.3, -0.25) is 4.79 Å². The molecule has 0 spiro atoms. The maximum absolute atomic E-state index is 13.0. The molecule has 1 heterocycles. The molecule has 4 heteroatoms. The van der Waals surface area contributed by atoms with Crippen LogP contribution in [0.15, 0.2) is 48.5 Å². The van der Waals surface area contributed by atoms with E-state index >= 15 is 0 Å². The number of carbonyl (C=O) groups excluding carboxylic acids is 1. The van der Waals surface area contributed by atoms with Crippen LogP contribution in [0, 0.1) is 6.92 Å². The number of benzene rings is 2. The van der Waals surface area contributed by atoms with Crippen LogP contribution in [0.2, 0.25) is 0 Å². The molecule has 2 aromatic carbocycles. The van der Waals surface area contributed by atoms with Gasteiger partial charge in [-0.05, 0) is 42.6 Å². The van der Waals surface area contributed by atoms with E-state index in [1.165, 1.54) is 5.56 Å². The number of ether oxygens (including phenoxy) is 1. The highest BCUT2D eigenvalue weighted by molar-refractivity contribution is 5.78. The largest absolute Gasteiger partial charge is 0.483 e. The summed E-state index contributed by atoms with van der Waals surface area (Å²) in [6.07, 6.45) is 0. The molecule has 27 heavy (non-hydrogen) atoms. The minimum Gasteiger partial charge on any atom is -0.483 e. The van der Waals surface area contributed by atoms with E-state index in [4.69, 9.17) is 4.74 Å². The van der Waals surface area contributed by atoms with Gasteiger partial charge in [-0.1, -0.05) is 56.3 Å². The predicted molar refractivity (Wildman–Crippen MR) is 109 cm³/mol. The van der Waals surface area contributed by atoms with Crippen LogP contribution in [0.25, 0.3) is 0 Å². The lowest BCUT2D eigenvalue weighted by Gasteiger charge is -2.40. The molecule has 1 amide bonds. The van der Waals surface area contributed by atoms with Crippen molar-refractivity contribution in [1.82, 2.24) is 9.80 Å². The van der Waals surface area contributed by atoms with Gasteiger partial charge in [0.15, 0.2) is 6.61 Å². The molecule has 0 unspecified atom stereocenters. The molecule has 1 aliphatic heterocycles. The molecular weight excluding hydrogens is 336 g/mol. The molecule has 1 aliphatic rings. The van der Waals surface area contributed by atoms with Gasteiger partial charge < -0.3 is 14.5 Å². The Balaban J connectivity index is 1.74. The van der Waals surface area contributed by atoms with E-state index < -0.39 is 0 Å². The van der Waals surface area contributed by atoms with Crippen molar-refractivity contribution in [2.24, 2.45) is 0 Å². The Hall–Kier alpha value is -2.33. The van der Waals surface area contributed by atoms with Crippen molar-refractivity contribution in [2.45, 2.75) is 32.7 Å². The second kappa shape index (κ2) is 8.57. The smallest absolute Gasteiger partial charge is 0.261 e. The number of nitrogens with zero attached hydrogens (tertiary/aromatic N) is 2. The molecule has 0 radical (unpaired) electrons. The van der Waals surface area contributed by atoms with Crippen LogP contribution in [0.1, 0.15) is 42.5 Å². The molecule has 3 rings (SSSR count). The van der Waals surface area contributed by atoms with E-state index in [-0.39, 0.29) is 18.6 Å². The van der Waals surface area contributed by atoms with E-state index in [1.807, 2.05) is 36.1 Å². The van der Waals surface area contributed by atoms with Gasteiger partial charge >= 0.3 is 0 Å². The number of likely N-dealkylation sites (N-methyl/N-ethyl adjacent to an activating group) is 1.